The third-order valence-corrected chi connectivity index (χ3v) is 3.16. The normalized spacial score (nSPS) is 12.9. The van der Waals surface area contributed by atoms with Gasteiger partial charge in [-0.1, -0.05) is 6.92 Å². The number of anilines is 1. The number of rotatable bonds is 5. The van der Waals surface area contributed by atoms with Crippen molar-refractivity contribution in [2.45, 2.75) is 13.3 Å². The van der Waals surface area contributed by atoms with Crippen LogP contribution in [0.3, 0.4) is 0 Å². The van der Waals surface area contributed by atoms with Gasteiger partial charge in [0.05, 0.1) is 17.4 Å². The molecule has 2 rings (SSSR count). The molecule has 17 heavy (non-hydrogen) atoms. The summed E-state index contributed by atoms with van der Waals surface area (Å²) >= 11 is 0. The Morgan fingerprint density at radius 3 is 3.00 bits per heavy atom. The van der Waals surface area contributed by atoms with Crippen LogP contribution >= 0.6 is 0 Å². The molecule has 2 N–H and O–H groups in total. The lowest BCUT2D eigenvalue weighted by Gasteiger charge is -2.13. The van der Waals surface area contributed by atoms with Crippen molar-refractivity contribution in [1.82, 2.24) is 9.55 Å². The summed E-state index contributed by atoms with van der Waals surface area (Å²) in [6, 6.07) is 6.15. The topological polar surface area (TPSA) is 50.1 Å². The Morgan fingerprint density at radius 2 is 2.29 bits per heavy atom. The maximum Gasteiger partial charge on any atom is 0.0955 e. The molecule has 1 aromatic carbocycles. The van der Waals surface area contributed by atoms with Gasteiger partial charge in [-0.2, -0.15) is 0 Å². The first-order chi connectivity index (χ1) is 8.24. The summed E-state index contributed by atoms with van der Waals surface area (Å²) in [7, 11) is 1.99. The minimum Gasteiger partial charge on any atom is -0.396 e. The number of nitrogens with one attached hydrogen (secondary N) is 1. The molecule has 0 saturated carbocycles. The highest BCUT2D eigenvalue weighted by Crippen LogP contribution is 2.17. The van der Waals surface area contributed by atoms with E-state index < -0.39 is 0 Å². The average Bonchev–Trinajstić information content (AvgIpc) is 2.72. The van der Waals surface area contributed by atoms with Gasteiger partial charge in [-0.15, -0.1) is 0 Å². The predicted molar refractivity (Wildman–Crippen MR) is 70.1 cm³/mol. The fourth-order valence-electron chi connectivity index (χ4n) is 1.85. The fraction of sp³-hybridized carbons (Fsp3) is 0.462. The molecule has 0 saturated heterocycles. The Morgan fingerprint density at radius 1 is 1.47 bits per heavy atom. The molecule has 92 valence electrons. The average molecular weight is 233 g/mol. The number of imidazole rings is 1. The van der Waals surface area contributed by atoms with E-state index in [0.29, 0.717) is 5.92 Å². The van der Waals surface area contributed by atoms with E-state index in [1.165, 1.54) is 0 Å². The van der Waals surface area contributed by atoms with E-state index in [9.17, 15) is 0 Å². The molecule has 0 fully saturated rings. The number of fused-ring (bicyclic) bond motifs is 1. The van der Waals surface area contributed by atoms with E-state index >= 15 is 0 Å². The van der Waals surface area contributed by atoms with Crippen molar-refractivity contribution in [2.75, 3.05) is 18.5 Å². The van der Waals surface area contributed by atoms with E-state index in [1.54, 1.807) is 0 Å². The Bertz CT molecular complexity index is 488. The fourth-order valence-corrected chi connectivity index (χ4v) is 1.85. The van der Waals surface area contributed by atoms with Crippen LogP contribution in [-0.4, -0.2) is 27.8 Å². The molecular formula is C13H19N3O. The molecule has 4 nitrogen and oxygen atoms in total. The third-order valence-electron chi connectivity index (χ3n) is 3.16. The first kappa shape index (κ1) is 11.9. The Balaban J connectivity index is 2.09. The van der Waals surface area contributed by atoms with E-state index in [1.807, 2.05) is 30.1 Å². The van der Waals surface area contributed by atoms with Gasteiger partial charge in [-0.05, 0) is 30.5 Å². The number of hydrogen-bond acceptors (Lipinski definition) is 3. The molecular weight excluding hydrogens is 214 g/mol. The standard InChI is InChI=1S/C13H19N3O/c1-3-10(8-17)7-14-11-4-5-13-12(6-11)15-9-16(13)2/h4-6,9-10,14,17H,3,7-8H2,1-2H3. The largest absolute Gasteiger partial charge is 0.396 e. The number of aryl methyl sites for hydroxylation is 1. The van der Waals surface area contributed by atoms with Gasteiger partial charge in [0, 0.05) is 25.9 Å². The molecule has 2 aromatic rings. The van der Waals surface area contributed by atoms with Crippen LogP contribution in [0.2, 0.25) is 0 Å². The molecule has 0 spiro atoms. The number of aliphatic hydroxyl groups is 1. The summed E-state index contributed by atoms with van der Waals surface area (Å²) in [5.41, 5.74) is 3.18. The number of benzene rings is 1. The smallest absolute Gasteiger partial charge is 0.0955 e. The van der Waals surface area contributed by atoms with Crippen LogP contribution < -0.4 is 5.32 Å². The zero-order valence-electron chi connectivity index (χ0n) is 10.3. The van der Waals surface area contributed by atoms with Crippen molar-refractivity contribution >= 4 is 16.7 Å². The number of aromatic nitrogens is 2. The van der Waals surface area contributed by atoms with Crippen molar-refractivity contribution in [1.29, 1.82) is 0 Å². The molecule has 1 heterocycles. The first-order valence-electron chi connectivity index (χ1n) is 6.00. The monoisotopic (exact) mass is 233 g/mol. The highest BCUT2D eigenvalue weighted by Gasteiger charge is 2.05. The van der Waals surface area contributed by atoms with Crippen LogP contribution in [0.4, 0.5) is 5.69 Å². The summed E-state index contributed by atoms with van der Waals surface area (Å²) in [5.74, 6) is 0.314. The van der Waals surface area contributed by atoms with E-state index in [0.717, 1.165) is 29.7 Å². The molecule has 0 amide bonds. The lowest BCUT2D eigenvalue weighted by molar-refractivity contribution is 0.230. The van der Waals surface area contributed by atoms with Gasteiger partial charge in [0.1, 0.15) is 0 Å². The summed E-state index contributed by atoms with van der Waals surface area (Å²) in [6.07, 6.45) is 2.80. The Labute approximate surface area is 101 Å². The lowest BCUT2D eigenvalue weighted by Crippen LogP contribution is -2.16. The summed E-state index contributed by atoms with van der Waals surface area (Å²) in [6.45, 7) is 3.12. The highest BCUT2D eigenvalue weighted by atomic mass is 16.3. The quantitative estimate of drug-likeness (QED) is 0.830. The zero-order valence-corrected chi connectivity index (χ0v) is 10.3. The Hall–Kier alpha value is -1.55. The minimum absolute atomic E-state index is 0.231. The van der Waals surface area contributed by atoms with Crippen molar-refractivity contribution in [2.24, 2.45) is 13.0 Å². The number of nitrogens with zero attached hydrogens (tertiary/aromatic N) is 2. The van der Waals surface area contributed by atoms with Gasteiger partial charge in [0.25, 0.3) is 0 Å². The molecule has 0 aliphatic carbocycles. The van der Waals surface area contributed by atoms with Gasteiger partial charge in [-0.3, -0.25) is 0 Å². The number of hydrogen-bond donors (Lipinski definition) is 2. The second kappa shape index (κ2) is 5.19. The molecule has 0 bridgehead atoms. The van der Waals surface area contributed by atoms with Crippen LogP contribution in [0.5, 0.6) is 0 Å². The summed E-state index contributed by atoms with van der Waals surface area (Å²) in [5, 5.41) is 12.5. The highest BCUT2D eigenvalue weighted by molar-refractivity contribution is 5.79. The third kappa shape index (κ3) is 2.58. The Kier molecular flexibility index (Phi) is 3.64. The minimum atomic E-state index is 0.231. The molecule has 4 heteroatoms. The molecule has 1 unspecified atom stereocenters. The summed E-state index contributed by atoms with van der Waals surface area (Å²) in [4.78, 5) is 4.32. The maximum atomic E-state index is 9.12. The lowest BCUT2D eigenvalue weighted by atomic mass is 10.1. The van der Waals surface area contributed by atoms with Gasteiger partial charge in [0.15, 0.2) is 0 Å². The van der Waals surface area contributed by atoms with Crippen LogP contribution in [0.1, 0.15) is 13.3 Å². The molecule has 0 aliphatic heterocycles. The van der Waals surface area contributed by atoms with Crippen LogP contribution in [-0.2, 0) is 7.05 Å². The van der Waals surface area contributed by atoms with E-state index in [-0.39, 0.29) is 6.61 Å². The summed E-state index contributed by atoms with van der Waals surface area (Å²) < 4.78 is 2.00. The van der Waals surface area contributed by atoms with Crippen molar-refractivity contribution in [3.8, 4) is 0 Å². The number of aliphatic hydroxyl groups excluding tert-OH is 1. The van der Waals surface area contributed by atoms with Gasteiger partial charge in [0.2, 0.25) is 0 Å². The molecule has 1 atom stereocenters. The van der Waals surface area contributed by atoms with Crippen molar-refractivity contribution < 1.29 is 5.11 Å². The molecule has 0 aliphatic rings. The molecule has 1 aromatic heterocycles. The second-order valence-electron chi connectivity index (χ2n) is 4.40. The first-order valence-corrected chi connectivity index (χ1v) is 6.00. The van der Waals surface area contributed by atoms with Crippen LogP contribution in [0.25, 0.3) is 11.0 Å². The van der Waals surface area contributed by atoms with Crippen molar-refractivity contribution in [3.63, 3.8) is 0 Å². The second-order valence-corrected chi connectivity index (χ2v) is 4.40. The SMILES string of the molecule is CCC(CO)CNc1ccc2c(c1)ncn2C. The zero-order chi connectivity index (χ0) is 12.3. The van der Waals surface area contributed by atoms with Crippen LogP contribution in [0, 0.1) is 5.92 Å². The van der Waals surface area contributed by atoms with Gasteiger partial charge in [-0.25, -0.2) is 4.98 Å². The van der Waals surface area contributed by atoms with E-state index in [4.69, 9.17) is 5.11 Å². The van der Waals surface area contributed by atoms with Crippen molar-refractivity contribution in [3.05, 3.63) is 24.5 Å². The van der Waals surface area contributed by atoms with Gasteiger partial charge < -0.3 is 15.0 Å². The molecule has 0 radical (unpaired) electrons. The van der Waals surface area contributed by atoms with E-state index in [2.05, 4.69) is 23.3 Å². The van der Waals surface area contributed by atoms with Gasteiger partial charge >= 0.3 is 0 Å². The maximum absolute atomic E-state index is 9.12. The van der Waals surface area contributed by atoms with Crippen LogP contribution in [0.15, 0.2) is 24.5 Å². The predicted octanol–water partition coefficient (Wildman–Crippen LogP) is 2.00.